The lowest BCUT2D eigenvalue weighted by Crippen LogP contribution is -2.35. The van der Waals surface area contributed by atoms with Crippen LogP contribution < -0.4 is 11.1 Å². The lowest BCUT2D eigenvalue weighted by atomic mass is 9.93. The molecule has 3 N–H and O–H groups in total. The molecular weight excluding hydrogens is 626 g/mol. The van der Waals surface area contributed by atoms with Crippen molar-refractivity contribution in [3.05, 3.63) is 53.6 Å². The van der Waals surface area contributed by atoms with Crippen LogP contribution in [0, 0.1) is 11.8 Å². The van der Waals surface area contributed by atoms with Gasteiger partial charge in [0.05, 0.1) is 37.6 Å². The van der Waals surface area contributed by atoms with Gasteiger partial charge in [-0.3, -0.25) is 19.1 Å². The fourth-order valence-corrected chi connectivity index (χ4v) is 5.74. The molecule has 0 aromatic carbocycles. The van der Waals surface area contributed by atoms with Crippen LogP contribution in [-0.4, -0.2) is 73.2 Å². The number of thiazole rings is 1. The van der Waals surface area contributed by atoms with Crippen LogP contribution in [0.25, 0.3) is 22.0 Å². The molecule has 244 valence electrons. The zero-order valence-electron chi connectivity index (χ0n) is 25.0. The van der Waals surface area contributed by atoms with Crippen molar-refractivity contribution in [2.45, 2.75) is 63.9 Å². The van der Waals surface area contributed by atoms with Gasteiger partial charge in [-0.1, -0.05) is 0 Å². The van der Waals surface area contributed by atoms with Gasteiger partial charge in [0, 0.05) is 29.9 Å². The molecule has 1 saturated carbocycles. The largest absolute Gasteiger partial charge is 0.469 e. The molecular formula is C29H32F2N8O6S. The first-order chi connectivity index (χ1) is 22.1. The molecule has 0 aliphatic heterocycles. The minimum Gasteiger partial charge on any atom is -0.469 e. The Bertz CT molecular complexity index is 1700. The second-order valence-electron chi connectivity index (χ2n) is 10.5. The lowest BCUT2D eigenvalue weighted by molar-refractivity contribution is -0.153. The summed E-state index contributed by atoms with van der Waals surface area (Å²) in [5.74, 6) is -3.71. The van der Waals surface area contributed by atoms with Crippen LogP contribution in [0.4, 0.5) is 14.5 Å². The van der Waals surface area contributed by atoms with E-state index >= 15 is 0 Å². The van der Waals surface area contributed by atoms with Crippen molar-refractivity contribution >= 4 is 34.9 Å². The summed E-state index contributed by atoms with van der Waals surface area (Å²) in [6.45, 7) is 2.32. The molecule has 4 aromatic rings. The minimum absolute atomic E-state index is 0.00476. The predicted molar refractivity (Wildman–Crippen MR) is 160 cm³/mol. The van der Waals surface area contributed by atoms with Gasteiger partial charge in [-0.2, -0.15) is 14.6 Å². The Morgan fingerprint density at radius 2 is 1.91 bits per heavy atom. The number of carbonyl (C=O) groups excluding carboxylic acids is 3. The lowest BCUT2D eigenvalue weighted by Gasteiger charge is -2.28. The van der Waals surface area contributed by atoms with Gasteiger partial charge >= 0.3 is 11.9 Å². The zero-order chi connectivity index (χ0) is 32.8. The third-order valence-corrected chi connectivity index (χ3v) is 8.20. The van der Waals surface area contributed by atoms with Gasteiger partial charge in [-0.15, -0.1) is 11.3 Å². The van der Waals surface area contributed by atoms with Crippen LogP contribution in [-0.2, 0) is 30.5 Å². The van der Waals surface area contributed by atoms with Crippen LogP contribution in [0.15, 0.2) is 36.1 Å². The number of carbonyl (C=O) groups is 3. The number of nitrogens with two attached hydrogens (primary N) is 1. The van der Waals surface area contributed by atoms with E-state index in [4.69, 9.17) is 15.2 Å². The maximum absolute atomic E-state index is 14.8. The summed E-state index contributed by atoms with van der Waals surface area (Å²) in [5.41, 5.74) is 6.09. The topological polar surface area (TPSA) is 178 Å². The number of anilines is 1. The normalized spacial score (nSPS) is 17.0. The smallest absolute Gasteiger partial charge is 0.325 e. The second-order valence-corrected chi connectivity index (χ2v) is 11.3. The van der Waals surface area contributed by atoms with Gasteiger partial charge in [0.2, 0.25) is 5.95 Å². The highest BCUT2D eigenvalue weighted by atomic mass is 32.1. The van der Waals surface area contributed by atoms with Crippen LogP contribution in [0.1, 0.15) is 55.6 Å². The number of ether oxygens (including phenoxy) is 3. The number of nitrogens with zero attached hydrogens (tertiary/aromatic N) is 6. The molecule has 14 nitrogen and oxygen atoms in total. The van der Waals surface area contributed by atoms with E-state index in [0.717, 1.165) is 37.8 Å². The summed E-state index contributed by atoms with van der Waals surface area (Å²) < 4.78 is 47.2. The van der Waals surface area contributed by atoms with Crippen molar-refractivity contribution in [3.63, 3.8) is 0 Å². The molecule has 0 spiro atoms. The van der Waals surface area contributed by atoms with E-state index in [0.29, 0.717) is 17.2 Å². The van der Waals surface area contributed by atoms with Crippen molar-refractivity contribution < 1.29 is 37.4 Å². The number of nitrogens with one attached hydrogen (secondary N) is 1. The first kappa shape index (κ1) is 32.8. The summed E-state index contributed by atoms with van der Waals surface area (Å²) >= 11 is 1.17. The van der Waals surface area contributed by atoms with Crippen molar-refractivity contribution in [2.24, 2.45) is 5.73 Å². The summed E-state index contributed by atoms with van der Waals surface area (Å²) in [7, 11) is 1.19. The number of pyridine rings is 1. The highest BCUT2D eigenvalue weighted by molar-refractivity contribution is 7.13. The molecule has 0 saturated heterocycles. The second kappa shape index (κ2) is 14.7. The molecule has 46 heavy (non-hydrogen) atoms. The Morgan fingerprint density at radius 3 is 2.65 bits per heavy atom. The maximum Gasteiger partial charge on any atom is 0.325 e. The number of methoxy groups -OCH3 is 1. The minimum atomic E-state index is -1.18. The first-order valence-corrected chi connectivity index (χ1v) is 15.3. The zero-order valence-corrected chi connectivity index (χ0v) is 25.8. The summed E-state index contributed by atoms with van der Waals surface area (Å²) in [4.78, 5) is 44.8. The molecule has 1 aliphatic rings. The van der Waals surface area contributed by atoms with Gasteiger partial charge in [0.15, 0.2) is 12.5 Å². The molecule has 5 rings (SSSR count). The number of halogens is 2. The highest BCUT2D eigenvalue weighted by Crippen LogP contribution is 2.34. The number of hydrogen-bond acceptors (Lipinski definition) is 12. The van der Waals surface area contributed by atoms with E-state index in [-0.39, 0.29) is 48.1 Å². The number of amides is 1. The van der Waals surface area contributed by atoms with Gasteiger partial charge < -0.3 is 25.3 Å². The molecule has 0 radical (unpaired) electrons. The van der Waals surface area contributed by atoms with Gasteiger partial charge in [0.1, 0.15) is 28.1 Å². The summed E-state index contributed by atoms with van der Waals surface area (Å²) in [6, 6.07) is 0.661. The van der Waals surface area contributed by atoms with E-state index in [2.05, 4.69) is 30.2 Å². The van der Waals surface area contributed by atoms with E-state index in [9.17, 15) is 23.2 Å². The van der Waals surface area contributed by atoms with Crippen LogP contribution in [0.2, 0.25) is 0 Å². The third-order valence-electron chi connectivity index (χ3n) is 7.31. The molecule has 4 heterocycles. The number of hydrogen-bond donors (Lipinski definition) is 2. The fourth-order valence-electron chi connectivity index (χ4n) is 4.97. The Balaban J connectivity index is 1.29. The Hall–Kier alpha value is -4.61. The average molecular weight is 659 g/mol. The van der Waals surface area contributed by atoms with Crippen molar-refractivity contribution in [1.82, 2.24) is 29.5 Å². The van der Waals surface area contributed by atoms with E-state index in [1.54, 1.807) is 17.1 Å². The van der Waals surface area contributed by atoms with Crippen LogP contribution in [0.3, 0.4) is 0 Å². The van der Waals surface area contributed by atoms with Gasteiger partial charge in [-0.25, -0.2) is 19.0 Å². The van der Waals surface area contributed by atoms with Gasteiger partial charge in [0.25, 0.3) is 5.91 Å². The molecule has 1 fully saturated rings. The number of aromatic nitrogens is 6. The molecule has 17 heteroatoms. The number of rotatable bonds is 12. The van der Waals surface area contributed by atoms with E-state index in [1.165, 1.54) is 34.7 Å². The van der Waals surface area contributed by atoms with E-state index in [1.807, 2.05) is 6.92 Å². The Labute approximate surface area is 265 Å². The first-order valence-electron chi connectivity index (χ1n) is 14.5. The molecule has 0 bridgehead atoms. The van der Waals surface area contributed by atoms with Crippen molar-refractivity contribution in [2.75, 3.05) is 19.0 Å². The molecule has 1 atom stereocenters. The predicted octanol–water partition coefficient (Wildman–Crippen LogP) is 3.71. The fraction of sp³-hybridized carbons (Fsp3) is 0.414. The summed E-state index contributed by atoms with van der Waals surface area (Å²) in [6.07, 6.45) is 7.65. The maximum atomic E-state index is 14.8. The molecule has 1 aliphatic carbocycles. The van der Waals surface area contributed by atoms with Crippen molar-refractivity contribution in [3.8, 4) is 22.0 Å². The van der Waals surface area contributed by atoms with Crippen molar-refractivity contribution in [1.29, 1.82) is 0 Å². The Morgan fingerprint density at radius 1 is 1.13 bits per heavy atom. The van der Waals surface area contributed by atoms with Crippen LogP contribution in [0.5, 0.6) is 0 Å². The SMILES string of the molecule is CCO[C@H]1CC[C@H](n2cc(NC(=O)c3csc(-c4cnn(COC(=O)C(N)CC(=O)OC)c4)n3)c(-c3nc(F)ccc3F)n2)CC1. The van der Waals surface area contributed by atoms with E-state index < -0.39 is 35.7 Å². The molecule has 4 aromatic heterocycles. The van der Waals surface area contributed by atoms with Gasteiger partial charge in [-0.05, 0) is 44.7 Å². The average Bonchev–Trinajstić information content (AvgIpc) is 3.82. The quantitative estimate of drug-likeness (QED) is 0.167. The number of esters is 2. The third kappa shape index (κ3) is 7.78. The van der Waals surface area contributed by atoms with Crippen LogP contribution >= 0.6 is 11.3 Å². The standard InChI is InChI=1S/C29H32F2N8O6S/c1-3-44-18-6-4-17(5-7-18)39-13-21(26(37-39)25-19(30)8-9-23(31)36-25)34-27(41)22-14-46-28(35-22)16-11-33-38(12-16)15-45-29(42)20(32)10-24(40)43-2/h8-9,11-14,17-18,20H,3-7,10,15,32H2,1-2H3,(H,34,41)/t17-,18-,20?. The molecule has 1 unspecified atom stereocenters. The summed E-state index contributed by atoms with van der Waals surface area (Å²) in [5, 5.41) is 13.4. The Kier molecular flexibility index (Phi) is 10.4. The monoisotopic (exact) mass is 658 g/mol. The molecule has 1 amide bonds. The highest BCUT2D eigenvalue weighted by Gasteiger charge is 2.27.